The monoisotopic (exact) mass is 273 g/mol. The van der Waals surface area contributed by atoms with Gasteiger partial charge >= 0.3 is 0 Å². The van der Waals surface area contributed by atoms with Gasteiger partial charge in [-0.3, -0.25) is 0 Å². The van der Waals surface area contributed by atoms with Crippen LogP contribution < -0.4 is 5.32 Å². The molecule has 0 bridgehead atoms. The van der Waals surface area contributed by atoms with Crippen LogP contribution >= 0.6 is 11.3 Å². The molecule has 2 nitrogen and oxygen atoms in total. The zero-order valence-corrected chi connectivity index (χ0v) is 12.0. The molecule has 1 unspecified atom stereocenters. The summed E-state index contributed by atoms with van der Waals surface area (Å²) in [7, 11) is 1.73. The number of methoxy groups -OCH3 is 1. The fourth-order valence-corrected chi connectivity index (χ4v) is 3.74. The van der Waals surface area contributed by atoms with Gasteiger partial charge in [0.25, 0.3) is 0 Å². The van der Waals surface area contributed by atoms with Crippen LogP contribution in [0.4, 0.5) is 5.69 Å². The molecule has 0 fully saturated rings. The summed E-state index contributed by atoms with van der Waals surface area (Å²) in [5, 5.41) is 5.89. The average Bonchev–Trinajstić information content (AvgIpc) is 2.89. The third-order valence-corrected chi connectivity index (χ3v) is 4.63. The molecule has 0 spiro atoms. The minimum absolute atomic E-state index is 0.466. The number of nitrogens with one attached hydrogen (secondary N) is 1. The topological polar surface area (TPSA) is 21.3 Å². The highest BCUT2D eigenvalue weighted by atomic mass is 32.1. The van der Waals surface area contributed by atoms with Crippen LogP contribution in [0.15, 0.2) is 35.7 Å². The highest BCUT2D eigenvalue weighted by Gasteiger charge is 2.20. The molecule has 0 saturated heterocycles. The molecular formula is C16H19NOS. The first-order valence-electron chi connectivity index (χ1n) is 6.77. The zero-order chi connectivity index (χ0) is 13.1. The van der Waals surface area contributed by atoms with E-state index in [9.17, 15) is 0 Å². The van der Waals surface area contributed by atoms with Crippen molar-refractivity contribution in [2.45, 2.75) is 31.9 Å². The normalized spacial score (nSPS) is 18.1. The summed E-state index contributed by atoms with van der Waals surface area (Å²) in [6.07, 6.45) is 3.75. The van der Waals surface area contributed by atoms with E-state index in [1.54, 1.807) is 12.0 Å². The number of fused-ring (bicyclic) bond motifs is 1. The molecule has 100 valence electrons. The Morgan fingerprint density at radius 2 is 2.32 bits per heavy atom. The minimum atomic E-state index is 0.466. The van der Waals surface area contributed by atoms with Gasteiger partial charge in [-0.1, -0.05) is 12.1 Å². The number of ether oxygens (including phenoxy) is 1. The first-order valence-corrected chi connectivity index (χ1v) is 7.65. The fourth-order valence-electron chi connectivity index (χ4n) is 2.76. The third kappa shape index (κ3) is 2.82. The predicted octanol–water partition coefficient (Wildman–Crippen LogP) is 4.38. The lowest BCUT2D eigenvalue weighted by molar-refractivity contribution is 0.185. The molecule has 1 atom stereocenters. The van der Waals surface area contributed by atoms with Crippen LogP contribution in [0.25, 0.3) is 0 Å². The Kier molecular flexibility index (Phi) is 3.85. The van der Waals surface area contributed by atoms with Gasteiger partial charge in [0.1, 0.15) is 0 Å². The summed E-state index contributed by atoms with van der Waals surface area (Å²) in [5.74, 6) is 0. The molecule has 1 aromatic carbocycles. The van der Waals surface area contributed by atoms with Crippen LogP contribution in [-0.2, 0) is 17.8 Å². The Bertz CT molecular complexity index is 549. The van der Waals surface area contributed by atoms with Crippen LogP contribution in [0.2, 0.25) is 0 Å². The highest BCUT2D eigenvalue weighted by molar-refractivity contribution is 7.10. The number of benzene rings is 1. The van der Waals surface area contributed by atoms with E-state index in [4.69, 9.17) is 4.74 Å². The summed E-state index contributed by atoms with van der Waals surface area (Å²) in [5.41, 5.74) is 3.90. The largest absolute Gasteiger partial charge is 0.380 e. The molecule has 1 aliphatic rings. The van der Waals surface area contributed by atoms with E-state index in [0.717, 1.165) is 0 Å². The fraction of sp³-hybridized carbons (Fsp3) is 0.375. The molecule has 19 heavy (non-hydrogen) atoms. The van der Waals surface area contributed by atoms with Crippen LogP contribution in [0.3, 0.4) is 0 Å². The molecule has 0 amide bonds. The summed E-state index contributed by atoms with van der Waals surface area (Å²) in [6.45, 7) is 0.671. The lowest BCUT2D eigenvalue weighted by atomic mass is 9.94. The molecule has 0 saturated carbocycles. The van der Waals surface area contributed by atoms with Crippen molar-refractivity contribution in [3.8, 4) is 0 Å². The zero-order valence-electron chi connectivity index (χ0n) is 11.2. The highest BCUT2D eigenvalue weighted by Crippen LogP contribution is 2.35. The van der Waals surface area contributed by atoms with E-state index >= 15 is 0 Å². The average molecular weight is 273 g/mol. The number of hydrogen-bond acceptors (Lipinski definition) is 3. The Morgan fingerprint density at radius 3 is 3.21 bits per heavy atom. The van der Waals surface area contributed by atoms with Gasteiger partial charge in [-0.05, 0) is 54.0 Å². The predicted molar refractivity (Wildman–Crippen MR) is 80.8 cm³/mol. The molecule has 1 N–H and O–H groups in total. The van der Waals surface area contributed by atoms with Gasteiger partial charge in [-0.2, -0.15) is 0 Å². The molecule has 0 radical (unpaired) electrons. The molecule has 2 aromatic rings. The number of aryl methyl sites for hydroxylation is 1. The second kappa shape index (κ2) is 5.76. The first kappa shape index (κ1) is 12.7. The van der Waals surface area contributed by atoms with Crippen molar-refractivity contribution in [1.29, 1.82) is 0 Å². The van der Waals surface area contributed by atoms with E-state index < -0.39 is 0 Å². The Morgan fingerprint density at radius 1 is 1.37 bits per heavy atom. The maximum absolute atomic E-state index is 5.19. The number of anilines is 1. The van der Waals surface area contributed by atoms with Crippen LogP contribution in [0, 0.1) is 0 Å². The second-order valence-corrected chi connectivity index (χ2v) is 6.02. The Hall–Kier alpha value is -1.32. The lowest BCUT2D eigenvalue weighted by Crippen LogP contribution is -2.15. The SMILES string of the molecule is COCc1cccc(NC2CCCc3sccc32)c1. The van der Waals surface area contributed by atoms with Gasteiger partial charge in [0.2, 0.25) is 0 Å². The standard InChI is InChI=1S/C16H19NOS/c1-18-11-12-4-2-5-13(10-12)17-15-6-3-7-16-14(15)8-9-19-16/h2,4-5,8-10,15,17H,3,6-7,11H2,1H3. The summed E-state index contributed by atoms with van der Waals surface area (Å²) < 4.78 is 5.19. The van der Waals surface area contributed by atoms with Crippen molar-refractivity contribution in [1.82, 2.24) is 0 Å². The van der Waals surface area contributed by atoms with Gasteiger partial charge in [0.15, 0.2) is 0 Å². The maximum atomic E-state index is 5.19. The van der Waals surface area contributed by atoms with Gasteiger partial charge < -0.3 is 10.1 Å². The van der Waals surface area contributed by atoms with Gasteiger partial charge in [0, 0.05) is 17.7 Å². The number of thiophene rings is 1. The summed E-state index contributed by atoms with van der Waals surface area (Å²) in [4.78, 5) is 1.55. The molecule has 1 heterocycles. The summed E-state index contributed by atoms with van der Waals surface area (Å²) >= 11 is 1.89. The minimum Gasteiger partial charge on any atom is -0.380 e. The van der Waals surface area contributed by atoms with Crippen LogP contribution in [-0.4, -0.2) is 7.11 Å². The van der Waals surface area contributed by atoms with E-state index in [0.29, 0.717) is 12.6 Å². The van der Waals surface area contributed by atoms with Crippen molar-refractivity contribution in [2.75, 3.05) is 12.4 Å². The van der Waals surface area contributed by atoms with Crippen molar-refractivity contribution >= 4 is 17.0 Å². The summed E-state index contributed by atoms with van der Waals surface area (Å²) in [6, 6.07) is 11.3. The third-order valence-electron chi connectivity index (χ3n) is 3.63. The van der Waals surface area contributed by atoms with E-state index in [-0.39, 0.29) is 0 Å². The van der Waals surface area contributed by atoms with Crippen molar-refractivity contribution in [3.63, 3.8) is 0 Å². The quantitative estimate of drug-likeness (QED) is 0.892. The lowest BCUT2D eigenvalue weighted by Gasteiger charge is -2.25. The molecule has 1 aromatic heterocycles. The van der Waals surface area contributed by atoms with E-state index in [2.05, 4.69) is 41.0 Å². The maximum Gasteiger partial charge on any atom is 0.0713 e. The smallest absolute Gasteiger partial charge is 0.0713 e. The van der Waals surface area contributed by atoms with E-state index in [1.165, 1.54) is 36.1 Å². The van der Waals surface area contributed by atoms with Crippen LogP contribution in [0.5, 0.6) is 0 Å². The second-order valence-electron chi connectivity index (χ2n) is 5.02. The van der Waals surface area contributed by atoms with Gasteiger partial charge in [-0.25, -0.2) is 0 Å². The van der Waals surface area contributed by atoms with Gasteiger partial charge in [-0.15, -0.1) is 11.3 Å². The Balaban J connectivity index is 1.77. The first-order chi connectivity index (χ1) is 9.36. The molecule has 1 aliphatic carbocycles. The molecule has 3 heteroatoms. The number of rotatable bonds is 4. The van der Waals surface area contributed by atoms with Crippen molar-refractivity contribution < 1.29 is 4.74 Å². The molecule has 0 aliphatic heterocycles. The molecule has 3 rings (SSSR count). The van der Waals surface area contributed by atoms with E-state index in [1.807, 2.05) is 11.3 Å². The molecular weight excluding hydrogens is 254 g/mol. The number of hydrogen-bond donors (Lipinski definition) is 1. The Labute approximate surface area is 118 Å². The van der Waals surface area contributed by atoms with Gasteiger partial charge in [0.05, 0.1) is 12.6 Å². The van der Waals surface area contributed by atoms with Crippen molar-refractivity contribution in [3.05, 3.63) is 51.7 Å². The van der Waals surface area contributed by atoms with Crippen LogP contribution in [0.1, 0.15) is 34.9 Å². The van der Waals surface area contributed by atoms with Crippen molar-refractivity contribution in [2.24, 2.45) is 0 Å².